The molecule has 0 aliphatic heterocycles. The van der Waals surface area contributed by atoms with Gasteiger partial charge in [-0.05, 0) is 31.9 Å². The quantitative estimate of drug-likeness (QED) is 0.848. The first-order chi connectivity index (χ1) is 8.68. The smallest absolute Gasteiger partial charge is 0.143 e. The van der Waals surface area contributed by atoms with Crippen molar-refractivity contribution in [2.75, 3.05) is 0 Å². The summed E-state index contributed by atoms with van der Waals surface area (Å²) in [7, 11) is 0. The van der Waals surface area contributed by atoms with Crippen LogP contribution in [-0.2, 0) is 4.79 Å². The van der Waals surface area contributed by atoms with E-state index in [-0.39, 0.29) is 23.1 Å². The molecule has 1 aromatic rings. The van der Waals surface area contributed by atoms with Crippen LogP contribution in [-0.4, -0.2) is 22.2 Å². The van der Waals surface area contributed by atoms with Crippen LogP contribution in [0.15, 0.2) is 35.2 Å². The Hall–Kier alpha value is -0.800. The van der Waals surface area contributed by atoms with E-state index in [1.54, 1.807) is 18.7 Å². The molecule has 3 unspecified atom stereocenters. The maximum absolute atomic E-state index is 11.9. The summed E-state index contributed by atoms with van der Waals surface area (Å²) < 4.78 is 0. The van der Waals surface area contributed by atoms with E-state index in [0.29, 0.717) is 0 Å². The van der Waals surface area contributed by atoms with Crippen molar-refractivity contribution in [3.8, 4) is 0 Å². The number of thioether (sulfide) groups is 1. The summed E-state index contributed by atoms with van der Waals surface area (Å²) in [4.78, 5) is 13.0. The highest BCUT2D eigenvalue weighted by Gasteiger charge is 2.33. The van der Waals surface area contributed by atoms with Crippen molar-refractivity contribution in [1.29, 1.82) is 0 Å². The Labute approximate surface area is 113 Å². The third kappa shape index (κ3) is 3.36. The fraction of sp³-hybridized carbons (Fsp3) is 0.533. The van der Waals surface area contributed by atoms with Crippen molar-refractivity contribution >= 4 is 17.5 Å². The zero-order valence-electron chi connectivity index (χ0n) is 10.7. The van der Waals surface area contributed by atoms with E-state index < -0.39 is 0 Å². The zero-order chi connectivity index (χ0) is 13.0. The lowest BCUT2D eigenvalue weighted by atomic mass is 9.83. The minimum atomic E-state index is -0.316. The Bertz CT molecular complexity index is 391. The van der Waals surface area contributed by atoms with E-state index in [0.717, 1.165) is 30.6 Å². The van der Waals surface area contributed by atoms with Crippen LogP contribution in [0.1, 0.15) is 32.6 Å². The number of aliphatic hydroxyl groups excluding tert-OH is 1. The van der Waals surface area contributed by atoms with Gasteiger partial charge in [-0.3, -0.25) is 4.79 Å². The van der Waals surface area contributed by atoms with Gasteiger partial charge in [0.25, 0.3) is 0 Å². The lowest BCUT2D eigenvalue weighted by Gasteiger charge is -2.32. The van der Waals surface area contributed by atoms with Crippen molar-refractivity contribution in [2.24, 2.45) is 5.92 Å². The molecule has 0 bridgehead atoms. The van der Waals surface area contributed by atoms with Gasteiger partial charge in [-0.25, -0.2) is 0 Å². The molecule has 3 heteroatoms. The summed E-state index contributed by atoms with van der Waals surface area (Å²) >= 11 is 1.60. The van der Waals surface area contributed by atoms with E-state index in [4.69, 9.17) is 0 Å². The molecule has 1 fully saturated rings. The van der Waals surface area contributed by atoms with Gasteiger partial charge in [-0.1, -0.05) is 31.0 Å². The van der Waals surface area contributed by atoms with E-state index in [9.17, 15) is 9.90 Å². The number of ketones is 1. The van der Waals surface area contributed by atoms with Gasteiger partial charge in [0.2, 0.25) is 0 Å². The van der Waals surface area contributed by atoms with Gasteiger partial charge in [0.1, 0.15) is 5.78 Å². The van der Waals surface area contributed by atoms with E-state index in [1.165, 1.54) is 0 Å². The molecule has 0 heterocycles. The Balaban J connectivity index is 2.10. The van der Waals surface area contributed by atoms with Crippen molar-refractivity contribution in [3.63, 3.8) is 0 Å². The fourth-order valence-electron chi connectivity index (χ4n) is 2.61. The highest BCUT2D eigenvalue weighted by atomic mass is 32.2. The normalized spacial score (nSPS) is 25.7. The van der Waals surface area contributed by atoms with Gasteiger partial charge in [0.05, 0.1) is 11.4 Å². The summed E-state index contributed by atoms with van der Waals surface area (Å²) in [6.45, 7) is 1.64. The number of hydrogen-bond donors (Lipinski definition) is 1. The topological polar surface area (TPSA) is 37.3 Å². The largest absolute Gasteiger partial charge is 0.393 e. The fourth-order valence-corrected chi connectivity index (χ4v) is 3.88. The number of Topliss-reactive ketones (excluding diaryl/α,β-unsaturated/α-hetero) is 1. The van der Waals surface area contributed by atoms with Crippen LogP contribution < -0.4 is 0 Å². The van der Waals surface area contributed by atoms with Crippen LogP contribution >= 0.6 is 11.8 Å². The Morgan fingerprint density at radius 3 is 2.56 bits per heavy atom. The molecular formula is C15H20O2S. The molecule has 18 heavy (non-hydrogen) atoms. The van der Waals surface area contributed by atoms with E-state index >= 15 is 0 Å². The first-order valence-corrected chi connectivity index (χ1v) is 7.46. The number of carbonyl (C=O) groups is 1. The highest BCUT2D eigenvalue weighted by Crippen LogP contribution is 2.36. The predicted molar refractivity (Wildman–Crippen MR) is 74.7 cm³/mol. The molecule has 0 aromatic heterocycles. The lowest BCUT2D eigenvalue weighted by Crippen LogP contribution is -2.36. The van der Waals surface area contributed by atoms with Crippen molar-refractivity contribution in [1.82, 2.24) is 0 Å². The Morgan fingerprint density at radius 1 is 1.28 bits per heavy atom. The molecule has 0 radical (unpaired) electrons. The summed E-state index contributed by atoms with van der Waals surface area (Å²) in [6.07, 6.45) is 3.69. The minimum absolute atomic E-state index is 0.109. The zero-order valence-corrected chi connectivity index (χ0v) is 11.5. The molecule has 2 nitrogen and oxygen atoms in total. The molecule has 1 N–H and O–H groups in total. The Kier molecular flexibility index (Phi) is 4.84. The standard InChI is InChI=1S/C15H20O2S/c1-11(16)15(13-9-5-6-10-14(13)17)18-12-7-3-2-4-8-12/h2-4,7-8,13-15,17H,5-6,9-10H2,1H3. The van der Waals surface area contributed by atoms with Gasteiger partial charge in [-0.2, -0.15) is 0 Å². The molecule has 98 valence electrons. The summed E-state index contributed by atoms with van der Waals surface area (Å²) in [5.74, 6) is 0.288. The van der Waals surface area contributed by atoms with Crippen molar-refractivity contribution in [3.05, 3.63) is 30.3 Å². The van der Waals surface area contributed by atoms with Crippen molar-refractivity contribution in [2.45, 2.75) is 48.9 Å². The molecular weight excluding hydrogens is 244 g/mol. The molecule has 1 aliphatic carbocycles. The maximum Gasteiger partial charge on any atom is 0.143 e. The van der Waals surface area contributed by atoms with Crippen LogP contribution in [0, 0.1) is 5.92 Å². The van der Waals surface area contributed by atoms with Gasteiger partial charge in [0.15, 0.2) is 0 Å². The molecule has 0 saturated heterocycles. The van der Waals surface area contributed by atoms with Gasteiger partial charge in [0, 0.05) is 10.8 Å². The Morgan fingerprint density at radius 2 is 1.94 bits per heavy atom. The number of benzene rings is 1. The number of aliphatic hydroxyl groups is 1. The lowest BCUT2D eigenvalue weighted by molar-refractivity contribution is -0.118. The average molecular weight is 264 g/mol. The summed E-state index contributed by atoms with van der Waals surface area (Å²) in [6, 6.07) is 9.99. The SMILES string of the molecule is CC(=O)C(Sc1ccccc1)C1CCCCC1O. The highest BCUT2D eigenvalue weighted by molar-refractivity contribution is 8.00. The molecule has 2 rings (SSSR count). The second-order valence-corrected chi connectivity index (χ2v) is 6.19. The van der Waals surface area contributed by atoms with Crippen molar-refractivity contribution < 1.29 is 9.90 Å². The first kappa shape index (κ1) is 13.6. The van der Waals surface area contributed by atoms with Crippen LogP contribution in [0.25, 0.3) is 0 Å². The van der Waals surface area contributed by atoms with Crippen LogP contribution in [0.4, 0.5) is 0 Å². The maximum atomic E-state index is 11.9. The average Bonchev–Trinajstić information content (AvgIpc) is 2.38. The van der Waals surface area contributed by atoms with Gasteiger partial charge >= 0.3 is 0 Å². The van der Waals surface area contributed by atoms with Gasteiger partial charge in [-0.15, -0.1) is 11.8 Å². The third-order valence-electron chi connectivity index (χ3n) is 3.58. The molecule has 1 saturated carbocycles. The molecule has 1 aromatic carbocycles. The molecule has 1 aliphatic rings. The van der Waals surface area contributed by atoms with E-state index in [1.807, 2.05) is 30.3 Å². The second-order valence-electron chi connectivity index (χ2n) is 4.98. The number of carbonyl (C=O) groups excluding carboxylic acids is 1. The minimum Gasteiger partial charge on any atom is -0.393 e. The molecule has 0 amide bonds. The molecule has 0 spiro atoms. The van der Waals surface area contributed by atoms with E-state index in [2.05, 4.69) is 0 Å². The monoisotopic (exact) mass is 264 g/mol. The van der Waals surface area contributed by atoms with Crippen LogP contribution in [0.2, 0.25) is 0 Å². The number of rotatable bonds is 4. The summed E-state index contributed by atoms with van der Waals surface area (Å²) in [5.41, 5.74) is 0. The predicted octanol–water partition coefficient (Wildman–Crippen LogP) is 3.29. The van der Waals surface area contributed by atoms with Gasteiger partial charge < -0.3 is 5.11 Å². The van der Waals surface area contributed by atoms with Crippen LogP contribution in [0.5, 0.6) is 0 Å². The van der Waals surface area contributed by atoms with Crippen LogP contribution in [0.3, 0.4) is 0 Å². The number of hydrogen-bond acceptors (Lipinski definition) is 3. The first-order valence-electron chi connectivity index (χ1n) is 6.58. The second kappa shape index (κ2) is 6.39. The third-order valence-corrected chi connectivity index (χ3v) is 5.06. The summed E-state index contributed by atoms with van der Waals surface area (Å²) in [5, 5.41) is 9.99. The molecule has 3 atom stereocenters.